The van der Waals surface area contributed by atoms with Crippen molar-refractivity contribution in [3.63, 3.8) is 0 Å². The van der Waals surface area contributed by atoms with E-state index in [1.165, 1.54) is 12.8 Å². The van der Waals surface area contributed by atoms with E-state index in [0.29, 0.717) is 6.04 Å². The average molecular weight is 205 g/mol. The Morgan fingerprint density at radius 2 is 2.36 bits per heavy atom. The van der Waals surface area contributed by atoms with Crippen molar-refractivity contribution in [2.24, 2.45) is 0 Å². The van der Waals surface area contributed by atoms with Gasteiger partial charge in [0, 0.05) is 6.04 Å². The van der Waals surface area contributed by atoms with Gasteiger partial charge in [-0.1, -0.05) is 6.07 Å². The predicted octanol–water partition coefficient (Wildman–Crippen LogP) is 2.53. The van der Waals surface area contributed by atoms with Crippen molar-refractivity contribution in [1.82, 2.24) is 9.55 Å². The fourth-order valence-electron chi connectivity index (χ4n) is 1.62. The van der Waals surface area contributed by atoms with Crippen molar-refractivity contribution in [2.75, 3.05) is 5.73 Å². The molecule has 1 aliphatic rings. The minimum absolute atomic E-state index is 0.608. The van der Waals surface area contributed by atoms with Crippen molar-refractivity contribution in [3.05, 3.63) is 23.8 Å². The van der Waals surface area contributed by atoms with Crippen LogP contribution in [-0.4, -0.2) is 9.55 Å². The third-order valence-electron chi connectivity index (χ3n) is 2.53. The molecule has 72 valence electrons. The van der Waals surface area contributed by atoms with Crippen LogP contribution in [0.1, 0.15) is 18.9 Å². The summed E-state index contributed by atoms with van der Waals surface area (Å²) in [5.41, 5.74) is 6.98. The third kappa shape index (κ3) is 1.14. The zero-order valence-corrected chi connectivity index (χ0v) is 8.50. The van der Waals surface area contributed by atoms with Crippen LogP contribution in [0.15, 0.2) is 23.8 Å². The fourth-order valence-corrected chi connectivity index (χ4v) is 2.35. The first kappa shape index (κ1) is 8.05. The van der Waals surface area contributed by atoms with E-state index in [2.05, 4.69) is 15.6 Å². The normalized spacial score (nSPS) is 16.0. The molecular weight excluding hydrogens is 194 g/mol. The van der Waals surface area contributed by atoms with E-state index in [4.69, 9.17) is 5.73 Å². The summed E-state index contributed by atoms with van der Waals surface area (Å²) in [6.45, 7) is 0. The maximum Gasteiger partial charge on any atom is 0.132 e. The zero-order valence-electron chi connectivity index (χ0n) is 7.68. The number of anilines is 1. The first-order valence-electron chi connectivity index (χ1n) is 4.72. The van der Waals surface area contributed by atoms with E-state index in [-0.39, 0.29) is 0 Å². The highest BCUT2D eigenvalue weighted by Gasteiger charge is 2.26. The second-order valence-corrected chi connectivity index (χ2v) is 4.54. The lowest BCUT2D eigenvalue weighted by molar-refractivity contribution is 0.751. The molecule has 0 unspecified atom stereocenters. The molecule has 0 radical (unpaired) electrons. The van der Waals surface area contributed by atoms with Gasteiger partial charge in [0.15, 0.2) is 0 Å². The van der Waals surface area contributed by atoms with Crippen LogP contribution < -0.4 is 5.73 Å². The maximum absolute atomic E-state index is 6.04. The van der Waals surface area contributed by atoms with Gasteiger partial charge < -0.3 is 10.3 Å². The number of rotatable bonds is 2. The molecule has 1 saturated carbocycles. The van der Waals surface area contributed by atoms with Crippen LogP contribution in [0, 0.1) is 0 Å². The van der Waals surface area contributed by atoms with Crippen LogP contribution in [0.5, 0.6) is 0 Å². The number of hydrogen-bond donors (Lipinski definition) is 1. The summed E-state index contributed by atoms with van der Waals surface area (Å²) in [6.07, 6.45) is 4.34. The second-order valence-electron chi connectivity index (χ2n) is 3.59. The molecule has 0 spiro atoms. The number of thiophene rings is 1. The monoisotopic (exact) mass is 205 g/mol. The molecule has 1 fully saturated rings. The van der Waals surface area contributed by atoms with Gasteiger partial charge in [-0.15, -0.1) is 11.3 Å². The highest BCUT2D eigenvalue weighted by molar-refractivity contribution is 7.13. The standard InChI is InChI=1S/C10H11N3S/c11-10-9(8-2-1-5-14-8)12-6-13(10)7-3-4-7/h1-2,5-7H,3-4,11H2. The first-order valence-corrected chi connectivity index (χ1v) is 5.60. The molecule has 0 aromatic carbocycles. The zero-order chi connectivity index (χ0) is 9.54. The van der Waals surface area contributed by atoms with Gasteiger partial charge in [-0.2, -0.15) is 0 Å². The molecule has 0 amide bonds. The Kier molecular flexibility index (Phi) is 1.64. The quantitative estimate of drug-likeness (QED) is 0.818. The summed E-state index contributed by atoms with van der Waals surface area (Å²) >= 11 is 1.68. The molecule has 0 bridgehead atoms. The summed E-state index contributed by atoms with van der Waals surface area (Å²) in [6, 6.07) is 4.69. The maximum atomic E-state index is 6.04. The summed E-state index contributed by atoms with van der Waals surface area (Å²) in [5, 5.41) is 2.05. The van der Waals surface area contributed by atoms with Crippen molar-refractivity contribution in [2.45, 2.75) is 18.9 Å². The van der Waals surface area contributed by atoms with Gasteiger partial charge in [-0.3, -0.25) is 0 Å². The van der Waals surface area contributed by atoms with E-state index in [9.17, 15) is 0 Å². The van der Waals surface area contributed by atoms with Crippen LogP contribution in [0.3, 0.4) is 0 Å². The van der Waals surface area contributed by atoms with Gasteiger partial charge in [-0.05, 0) is 24.3 Å². The van der Waals surface area contributed by atoms with Gasteiger partial charge in [0.2, 0.25) is 0 Å². The lowest BCUT2D eigenvalue weighted by Crippen LogP contribution is -1.98. The smallest absolute Gasteiger partial charge is 0.132 e. The van der Waals surface area contributed by atoms with E-state index in [0.717, 1.165) is 16.4 Å². The summed E-state index contributed by atoms with van der Waals surface area (Å²) in [4.78, 5) is 5.52. The van der Waals surface area contributed by atoms with Gasteiger partial charge in [-0.25, -0.2) is 4.98 Å². The average Bonchev–Trinajstić information content (AvgIpc) is 2.76. The van der Waals surface area contributed by atoms with Crippen LogP contribution in [-0.2, 0) is 0 Å². The molecule has 14 heavy (non-hydrogen) atoms. The number of nitrogens with zero attached hydrogens (tertiary/aromatic N) is 2. The topological polar surface area (TPSA) is 43.8 Å². The van der Waals surface area contributed by atoms with Crippen LogP contribution in [0.2, 0.25) is 0 Å². The van der Waals surface area contributed by atoms with Crippen LogP contribution >= 0.6 is 11.3 Å². The minimum atomic E-state index is 0.608. The van der Waals surface area contributed by atoms with Crippen molar-refractivity contribution < 1.29 is 0 Å². The highest BCUT2D eigenvalue weighted by Crippen LogP contribution is 2.39. The SMILES string of the molecule is Nc1c(-c2cccs2)ncn1C1CC1. The predicted molar refractivity (Wildman–Crippen MR) is 58.2 cm³/mol. The van der Waals surface area contributed by atoms with Crippen molar-refractivity contribution in [1.29, 1.82) is 0 Å². The molecule has 4 heteroatoms. The second kappa shape index (κ2) is 2.85. The van der Waals surface area contributed by atoms with Crippen LogP contribution in [0.4, 0.5) is 5.82 Å². The highest BCUT2D eigenvalue weighted by atomic mass is 32.1. The van der Waals surface area contributed by atoms with E-state index in [1.54, 1.807) is 11.3 Å². The van der Waals surface area contributed by atoms with Gasteiger partial charge in [0.25, 0.3) is 0 Å². The summed E-state index contributed by atoms with van der Waals surface area (Å²) in [5.74, 6) is 0.815. The van der Waals surface area contributed by atoms with Gasteiger partial charge in [0.05, 0.1) is 11.2 Å². The minimum Gasteiger partial charge on any atom is -0.383 e. The summed E-state index contributed by atoms with van der Waals surface area (Å²) < 4.78 is 2.09. The number of hydrogen-bond acceptors (Lipinski definition) is 3. The first-order chi connectivity index (χ1) is 6.86. The van der Waals surface area contributed by atoms with Crippen LogP contribution in [0.25, 0.3) is 10.6 Å². The largest absolute Gasteiger partial charge is 0.383 e. The molecule has 2 aromatic heterocycles. The molecule has 1 aliphatic carbocycles. The van der Waals surface area contributed by atoms with Crippen molar-refractivity contribution >= 4 is 17.2 Å². The molecule has 2 N–H and O–H groups in total. The molecule has 2 heterocycles. The molecular formula is C10H11N3S. The number of nitrogen functional groups attached to an aromatic ring is 1. The lowest BCUT2D eigenvalue weighted by atomic mass is 10.3. The Balaban J connectivity index is 2.06. The van der Waals surface area contributed by atoms with E-state index >= 15 is 0 Å². The van der Waals surface area contributed by atoms with Crippen molar-refractivity contribution in [3.8, 4) is 10.6 Å². The Bertz CT molecular complexity index is 440. The number of aromatic nitrogens is 2. The lowest BCUT2D eigenvalue weighted by Gasteiger charge is -2.01. The molecule has 2 aromatic rings. The Morgan fingerprint density at radius 3 is 3.00 bits per heavy atom. The Hall–Kier alpha value is -1.29. The molecule has 0 atom stereocenters. The molecule has 3 nitrogen and oxygen atoms in total. The third-order valence-corrected chi connectivity index (χ3v) is 3.40. The summed E-state index contributed by atoms with van der Waals surface area (Å²) in [7, 11) is 0. The Labute approximate surface area is 86.2 Å². The molecule has 3 rings (SSSR count). The van der Waals surface area contributed by atoms with Gasteiger partial charge >= 0.3 is 0 Å². The number of nitrogens with two attached hydrogens (primary N) is 1. The fraction of sp³-hybridized carbons (Fsp3) is 0.300. The number of imidazole rings is 1. The van der Waals surface area contributed by atoms with E-state index in [1.807, 2.05) is 17.8 Å². The Morgan fingerprint density at radius 1 is 1.50 bits per heavy atom. The molecule has 0 aliphatic heterocycles. The van der Waals surface area contributed by atoms with E-state index < -0.39 is 0 Å². The van der Waals surface area contributed by atoms with Gasteiger partial charge in [0.1, 0.15) is 11.5 Å². The molecule has 0 saturated heterocycles.